The van der Waals surface area contributed by atoms with Crippen LogP contribution in [0.25, 0.3) is 0 Å². The van der Waals surface area contributed by atoms with E-state index in [1.807, 2.05) is 0 Å². The van der Waals surface area contributed by atoms with Crippen molar-refractivity contribution in [2.45, 2.75) is 59.5 Å². The average molecular weight is 468 g/mol. The number of carbonyl (C=O) groups is 3. The van der Waals surface area contributed by atoms with Crippen molar-refractivity contribution in [2.75, 3.05) is 13.7 Å². The third-order valence-corrected chi connectivity index (χ3v) is 5.73. The number of nitrogens with zero attached hydrogens (tertiary/aromatic N) is 2. The van der Waals surface area contributed by atoms with Crippen LogP contribution in [0.15, 0.2) is 47.3 Å². The summed E-state index contributed by atoms with van der Waals surface area (Å²) < 4.78 is 10.4. The molecule has 0 fully saturated rings. The maximum Gasteiger partial charge on any atom is 0.336 e. The zero-order chi connectivity index (χ0) is 25.8. The lowest BCUT2D eigenvalue weighted by Gasteiger charge is -2.38. The van der Waals surface area contributed by atoms with Crippen LogP contribution < -0.4 is 5.73 Å². The highest BCUT2D eigenvalue weighted by molar-refractivity contribution is 5.96. The van der Waals surface area contributed by atoms with E-state index in [-0.39, 0.29) is 13.0 Å². The zero-order valence-electron chi connectivity index (χ0n) is 20.9. The molecule has 1 aromatic rings. The van der Waals surface area contributed by atoms with Gasteiger partial charge in [0.25, 0.3) is 0 Å². The molecule has 0 saturated carbocycles. The number of benzene rings is 1. The Morgan fingerprint density at radius 1 is 1.12 bits per heavy atom. The molecule has 0 spiro atoms. The summed E-state index contributed by atoms with van der Waals surface area (Å²) in [6, 6.07) is 8.96. The van der Waals surface area contributed by atoms with E-state index in [4.69, 9.17) is 20.5 Å². The first-order valence-corrected chi connectivity index (χ1v) is 11.0. The minimum Gasteiger partial charge on any atom is -0.466 e. The Balaban J connectivity index is 2.51. The molecule has 1 aromatic carbocycles. The Hall–Kier alpha value is -3.44. The molecule has 2 atom stereocenters. The van der Waals surface area contributed by atoms with E-state index in [2.05, 4.69) is 6.07 Å². The van der Waals surface area contributed by atoms with Crippen molar-refractivity contribution < 1.29 is 23.9 Å². The normalized spacial score (nSPS) is 17.9. The molecule has 0 saturated heterocycles. The van der Waals surface area contributed by atoms with Crippen LogP contribution in [0.4, 0.5) is 0 Å². The number of ether oxygens (including phenoxy) is 2. The highest BCUT2D eigenvalue weighted by Gasteiger charge is 2.43. The number of methoxy groups -OCH3 is 1. The molecule has 8 heteroatoms. The molecular formula is C26H33N3O5. The number of hydrogen-bond acceptors (Lipinski definition) is 7. The Morgan fingerprint density at radius 2 is 1.71 bits per heavy atom. The van der Waals surface area contributed by atoms with E-state index in [1.54, 1.807) is 71.9 Å². The fourth-order valence-corrected chi connectivity index (χ4v) is 3.94. The van der Waals surface area contributed by atoms with E-state index in [1.165, 1.54) is 12.0 Å². The number of nitriles is 1. The molecule has 0 bridgehead atoms. The number of nitrogens with two attached hydrogens (primary N) is 1. The van der Waals surface area contributed by atoms with Gasteiger partial charge in [0.05, 0.1) is 36.2 Å². The number of amides is 1. The van der Waals surface area contributed by atoms with Crippen LogP contribution >= 0.6 is 0 Å². The quantitative estimate of drug-likeness (QED) is 0.635. The summed E-state index contributed by atoms with van der Waals surface area (Å²) in [7, 11) is 1.28. The smallest absolute Gasteiger partial charge is 0.336 e. The third kappa shape index (κ3) is 5.72. The molecule has 1 aliphatic heterocycles. The standard InChI is InChI=1S/C26H33N3O5/c1-16-12-20(19-10-8-18(14-27)9-11-19)22(23(31)33-7)17(2)29(16)24(32)26(6,15-28)13-21(30)34-25(3,4)5/h8-12,20H,13,15,28H2,1-7H3. The highest BCUT2D eigenvalue weighted by Crippen LogP contribution is 2.39. The minimum atomic E-state index is -1.25. The van der Waals surface area contributed by atoms with Gasteiger partial charge in [-0.2, -0.15) is 5.26 Å². The van der Waals surface area contributed by atoms with Gasteiger partial charge in [-0.25, -0.2) is 4.79 Å². The molecule has 2 N–H and O–H groups in total. The monoisotopic (exact) mass is 467 g/mol. The molecule has 1 heterocycles. The Kier molecular flexibility index (Phi) is 8.06. The lowest BCUT2D eigenvalue weighted by molar-refractivity contribution is -0.160. The maximum absolute atomic E-state index is 13.7. The number of allylic oxidation sites excluding steroid dienone is 3. The summed E-state index contributed by atoms with van der Waals surface area (Å²) in [6.07, 6.45) is 1.59. The number of hydrogen-bond donors (Lipinski definition) is 1. The first kappa shape index (κ1) is 26.8. The third-order valence-electron chi connectivity index (χ3n) is 5.73. The van der Waals surface area contributed by atoms with Crippen molar-refractivity contribution in [3.05, 3.63) is 58.4 Å². The van der Waals surface area contributed by atoms with Crippen molar-refractivity contribution in [3.8, 4) is 6.07 Å². The summed E-state index contributed by atoms with van der Waals surface area (Å²) in [5, 5.41) is 9.09. The molecular weight excluding hydrogens is 434 g/mol. The van der Waals surface area contributed by atoms with E-state index < -0.39 is 34.8 Å². The van der Waals surface area contributed by atoms with Gasteiger partial charge in [-0.1, -0.05) is 18.2 Å². The van der Waals surface area contributed by atoms with Gasteiger partial charge in [-0.15, -0.1) is 0 Å². The van der Waals surface area contributed by atoms with Crippen LogP contribution in [0, 0.1) is 16.7 Å². The van der Waals surface area contributed by atoms with E-state index in [0.717, 1.165) is 5.56 Å². The molecule has 0 aliphatic carbocycles. The number of rotatable bonds is 6. The van der Waals surface area contributed by atoms with Gasteiger partial charge in [0, 0.05) is 23.9 Å². The van der Waals surface area contributed by atoms with Crippen molar-refractivity contribution in [2.24, 2.45) is 11.1 Å². The van der Waals surface area contributed by atoms with Gasteiger partial charge in [0.15, 0.2) is 0 Å². The maximum atomic E-state index is 13.7. The van der Waals surface area contributed by atoms with Crippen molar-refractivity contribution >= 4 is 17.8 Å². The summed E-state index contributed by atoms with van der Waals surface area (Å²) >= 11 is 0. The second-order valence-electron chi connectivity index (χ2n) is 9.68. The van der Waals surface area contributed by atoms with Crippen molar-refractivity contribution in [3.63, 3.8) is 0 Å². The van der Waals surface area contributed by atoms with Crippen LogP contribution in [-0.4, -0.2) is 42.0 Å². The lowest BCUT2D eigenvalue weighted by atomic mass is 9.82. The van der Waals surface area contributed by atoms with Crippen LogP contribution in [0.3, 0.4) is 0 Å². The molecule has 1 amide bonds. The predicted octanol–water partition coefficient (Wildman–Crippen LogP) is 3.53. The first-order valence-electron chi connectivity index (χ1n) is 11.0. The molecule has 34 heavy (non-hydrogen) atoms. The molecule has 1 aliphatic rings. The van der Waals surface area contributed by atoms with Gasteiger partial charge in [0.1, 0.15) is 5.60 Å². The fourth-order valence-electron chi connectivity index (χ4n) is 3.94. The molecule has 8 nitrogen and oxygen atoms in total. The summed E-state index contributed by atoms with van der Waals surface area (Å²) in [5.41, 5.74) is 6.59. The van der Waals surface area contributed by atoms with E-state index in [0.29, 0.717) is 22.5 Å². The highest BCUT2D eigenvalue weighted by atomic mass is 16.6. The molecule has 0 aromatic heterocycles. The van der Waals surface area contributed by atoms with Gasteiger partial charge < -0.3 is 15.2 Å². The van der Waals surface area contributed by atoms with Crippen LogP contribution in [-0.2, 0) is 23.9 Å². The Bertz CT molecular complexity index is 1070. The largest absolute Gasteiger partial charge is 0.466 e. The summed E-state index contributed by atoms with van der Waals surface area (Å²) in [6.45, 7) is 10.2. The number of carbonyl (C=O) groups excluding carboxylic acids is 3. The van der Waals surface area contributed by atoms with E-state index in [9.17, 15) is 14.4 Å². The molecule has 0 radical (unpaired) electrons. The second kappa shape index (κ2) is 10.2. The molecule has 2 unspecified atom stereocenters. The van der Waals surface area contributed by atoms with Crippen LogP contribution in [0.1, 0.15) is 65.0 Å². The summed E-state index contributed by atoms with van der Waals surface area (Å²) in [5.74, 6) is -1.99. The van der Waals surface area contributed by atoms with Crippen LogP contribution in [0.5, 0.6) is 0 Å². The average Bonchev–Trinajstić information content (AvgIpc) is 2.76. The van der Waals surface area contributed by atoms with Gasteiger partial charge >= 0.3 is 11.9 Å². The Labute approximate surface area is 201 Å². The summed E-state index contributed by atoms with van der Waals surface area (Å²) in [4.78, 5) is 40.5. The predicted molar refractivity (Wildman–Crippen MR) is 127 cm³/mol. The first-order chi connectivity index (χ1) is 15.8. The molecule has 182 valence electrons. The van der Waals surface area contributed by atoms with Gasteiger partial charge in [-0.3, -0.25) is 14.5 Å². The minimum absolute atomic E-state index is 0.0885. The lowest BCUT2D eigenvalue weighted by Crippen LogP contribution is -2.48. The second-order valence-corrected chi connectivity index (χ2v) is 9.68. The van der Waals surface area contributed by atoms with Crippen molar-refractivity contribution in [1.82, 2.24) is 4.90 Å². The Morgan fingerprint density at radius 3 is 2.18 bits per heavy atom. The van der Waals surface area contributed by atoms with Crippen molar-refractivity contribution in [1.29, 1.82) is 5.26 Å². The zero-order valence-corrected chi connectivity index (χ0v) is 20.9. The van der Waals surface area contributed by atoms with Gasteiger partial charge in [0.2, 0.25) is 5.91 Å². The van der Waals surface area contributed by atoms with Crippen LogP contribution in [0.2, 0.25) is 0 Å². The number of esters is 2. The topological polar surface area (TPSA) is 123 Å². The molecule has 2 rings (SSSR count). The SMILES string of the molecule is COC(=O)C1=C(C)N(C(=O)C(C)(CN)CC(=O)OC(C)(C)C)C(C)=CC1c1ccc(C#N)cc1. The van der Waals surface area contributed by atoms with Gasteiger partial charge in [-0.05, 0) is 59.2 Å². The fraction of sp³-hybridized carbons (Fsp3) is 0.462. The van der Waals surface area contributed by atoms with E-state index >= 15 is 0 Å².